The number of sulfone groups is 1. The average Bonchev–Trinajstić information content (AvgIpc) is 3.13. The summed E-state index contributed by atoms with van der Waals surface area (Å²) in [6.07, 6.45) is 6.22. The van der Waals surface area contributed by atoms with Gasteiger partial charge in [-0.25, -0.2) is 13.1 Å². The van der Waals surface area contributed by atoms with Gasteiger partial charge in [0.1, 0.15) is 0 Å². The van der Waals surface area contributed by atoms with Gasteiger partial charge in [0.05, 0.1) is 16.5 Å². The van der Waals surface area contributed by atoms with Gasteiger partial charge in [0, 0.05) is 35.2 Å². The Kier molecular flexibility index (Phi) is 4.46. The Labute approximate surface area is 170 Å². The zero-order chi connectivity index (χ0) is 20.8. The Morgan fingerprint density at radius 3 is 2.41 bits per heavy atom. The highest BCUT2D eigenvalue weighted by Crippen LogP contribution is 2.37. The van der Waals surface area contributed by atoms with Crippen LogP contribution in [0.5, 0.6) is 0 Å². The maximum absolute atomic E-state index is 12.4. The molecule has 0 saturated carbocycles. The lowest BCUT2D eigenvalue weighted by atomic mass is 9.92. The van der Waals surface area contributed by atoms with Crippen LogP contribution < -0.4 is 0 Å². The van der Waals surface area contributed by atoms with Crippen molar-refractivity contribution in [2.45, 2.75) is 18.6 Å². The molecule has 5 nitrogen and oxygen atoms in total. The summed E-state index contributed by atoms with van der Waals surface area (Å²) < 4.78 is 24.9. The van der Waals surface area contributed by atoms with Gasteiger partial charge in [0.25, 0.3) is 0 Å². The van der Waals surface area contributed by atoms with Crippen LogP contribution in [-0.2, 0) is 14.6 Å². The molecule has 1 N–H and O–H groups in total. The van der Waals surface area contributed by atoms with E-state index in [-0.39, 0.29) is 0 Å². The molecule has 29 heavy (non-hydrogen) atoms. The molecule has 0 unspecified atom stereocenters. The van der Waals surface area contributed by atoms with E-state index in [2.05, 4.69) is 4.98 Å². The highest BCUT2D eigenvalue weighted by Gasteiger charge is 2.33. The molecule has 0 aliphatic rings. The summed E-state index contributed by atoms with van der Waals surface area (Å²) in [6, 6.07) is 17.4. The summed E-state index contributed by atoms with van der Waals surface area (Å²) in [6.45, 7) is 3.45. The molecule has 0 aliphatic heterocycles. The molecule has 0 atom stereocenters. The topological polar surface area (TPSA) is 72.2 Å². The third-order valence-electron chi connectivity index (χ3n) is 5.51. The van der Waals surface area contributed by atoms with Crippen molar-refractivity contribution in [3.05, 3.63) is 78.8 Å². The first-order valence-electron chi connectivity index (χ1n) is 9.24. The molecule has 148 valence electrons. The molecule has 0 radical (unpaired) electrons. The maximum Gasteiger partial charge on any atom is 0.156 e. The number of pyridine rings is 1. The SMILES string of the molecule is CC(C)(c1cc(-c2cccc(-c3ccn(O)c3)c2)c2ncccc2c1)S(C)(=O)=O. The standard InChI is InChI=1S/C23H22N2O3S/c1-23(2,29(3,27)28)20-13-18-8-5-10-24-22(18)21(14-20)17-7-4-6-16(12-17)19-9-11-25(26)15-19/h4-15,26H,1-3H3. The van der Waals surface area contributed by atoms with Crippen molar-refractivity contribution < 1.29 is 13.6 Å². The van der Waals surface area contributed by atoms with E-state index in [1.165, 1.54) is 6.26 Å². The number of hydrogen-bond donors (Lipinski definition) is 1. The van der Waals surface area contributed by atoms with Crippen LogP contribution in [0.25, 0.3) is 33.2 Å². The van der Waals surface area contributed by atoms with Gasteiger partial charge >= 0.3 is 0 Å². The van der Waals surface area contributed by atoms with Crippen LogP contribution in [0.2, 0.25) is 0 Å². The van der Waals surface area contributed by atoms with Crippen molar-refractivity contribution >= 4 is 20.7 Å². The number of rotatable bonds is 4. The second-order valence-electron chi connectivity index (χ2n) is 7.74. The van der Waals surface area contributed by atoms with E-state index in [0.29, 0.717) is 0 Å². The molecule has 0 saturated heterocycles. The minimum atomic E-state index is -3.32. The van der Waals surface area contributed by atoms with E-state index in [9.17, 15) is 13.6 Å². The number of fused-ring (bicyclic) bond motifs is 1. The van der Waals surface area contributed by atoms with Crippen LogP contribution in [0.15, 0.2) is 73.2 Å². The molecular formula is C23H22N2O3S. The van der Waals surface area contributed by atoms with Crippen molar-refractivity contribution in [3.8, 4) is 22.3 Å². The maximum atomic E-state index is 12.4. The first kappa shape index (κ1) is 19.2. The fraction of sp³-hybridized carbons (Fsp3) is 0.174. The second kappa shape index (κ2) is 6.74. The third-order valence-corrected chi connectivity index (χ3v) is 7.60. The highest BCUT2D eigenvalue weighted by molar-refractivity contribution is 7.91. The molecule has 0 fully saturated rings. The van der Waals surface area contributed by atoms with Crippen LogP contribution in [0, 0.1) is 0 Å². The summed E-state index contributed by atoms with van der Waals surface area (Å²) in [7, 11) is -3.32. The second-order valence-corrected chi connectivity index (χ2v) is 10.3. The molecule has 4 aromatic rings. The van der Waals surface area contributed by atoms with Crippen LogP contribution >= 0.6 is 0 Å². The van der Waals surface area contributed by atoms with Gasteiger partial charge in [-0.3, -0.25) is 4.98 Å². The van der Waals surface area contributed by atoms with Gasteiger partial charge in [-0.05, 0) is 60.9 Å². The van der Waals surface area contributed by atoms with Gasteiger partial charge < -0.3 is 5.21 Å². The van der Waals surface area contributed by atoms with E-state index in [0.717, 1.165) is 43.5 Å². The predicted octanol–water partition coefficient (Wildman–Crippen LogP) is 4.89. The predicted molar refractivity (Wildman–Crippen MR) is 116 cm³/mol. The summed E-state index contributed by atoms with van der Waals surface area (Å²) >= 11 is 0. The van der Waals surface area contributed by atoms with E-state index in [4.69, 9.17) is 0 Å². The Morgan fingerprint density at radius 1 is 0.966 bits per heavy atom. The van der Waals surface area contributed by atoms with Crippen molar-refractivity contribution in [2.24, 2.45) is 0 Å². The average molecular weight is 407 g/mol. The number of nitrogens with zero attached hydrogens (tertiary/aromatic N) is 2. The normalized spacial score (nSPS) is 12.4. The minimum absolute atomic E-state index is 0.724. The molecule has 2 heterocycles. The molecular weight excluding hydrogens is 384 g/mol. The summed E-state index contributed by atoms with van der Waals surface area (Å²) in [5.41, 5.74) is 5.19. The monoisotopic (exact) mass is 406 g/mol. The Bertz CT molecular complexity index is 1320. The number of benzene rings is 2. The van der Waals surface area contributed by atoms with Crippen molar-refractivity contribution in [1.82, 2.24) is 9.71 Å². The number of aromatic nitrogens is 2. The zero-order valence-electron chi connectivity index (χ0n) is 16.5. The highest BCUT2D eigenvalue weighted by atomic mass is 32.2. The quantitative estimate of drug-likeness (QED) is 0.490. The third kappa shape index (κ3) is 3.40. The van der Waals surface area contributed by atoms with E-state index < -0.39 is 14.6 Å². The van der Waals surface area contributed by atoms with Crippen LogP contribution in [0.3, 0.4) is 0 Å². The fourth-order valence-electron chi connectivity index (χ4n) is 3.40. The van der Waals surface area contributed by atoms with Gasteiger partial charge in [-0.1, -0.05) is 24.3 Å². The molecule has 0 bridgehead atoms. The van der Waals surface area contributed by atoms with Gasteiger partial charge in [-0.15, -0.1) is 0 Å². The first-order valence-corrected chi connectivity index (χ1v) is 11.1. The van der Waals surface area contributed by atoms with Gasteiger partial charge in [-0.2, -0.15) is 0 Å². The van der Waals surface area contributed by atoms with Crippen molar-refractivity contribution in [1.29, 1.82) is 0 Å². The molecule has 4 rings (SSSR count). The smallest absolute Gasteiger partial charge is 0.156 e. The summed E-state index contributed by atoms with van der Waals surface area (Å²) in [5, 5.41) is 10.5. The first-order chi connectivity index (χ1) is 13.7. The number of hydrogen-bond acceptors (Lipinski definition) is 4. The van der Waals surface area contributed by atoms with Crippen molar-refractivity contribution in [2.75, 3.05) is 6.26 Å². The molecule has 6 heteroatoms. The summed E-state index contributed by atoms with van der Waals surface area (Å²) in [4.78, 5) is 4.56. The Morgan fingerprint density at radius 2 is 1.72 bits per heavy atom. The van der Waals surface area contributed by atoms with E-state index in [1.807, 2.05) is 54.6 Å². The molecule has 0 spiro atoms. The molecule has 0 amide bonds. The Hall–Kier alpha value is -3.12. The minimum Gasteiger partial charge on any atom is -0.429 e. The largest absolute Gasteiger partial charge is 0.429 e. The van der Waals surface area contributed by atoms with Gasteiger partial charge in [0.15, 0.2) is 9.84 Å². The van der Waals surface area contributed by atoms with Crippen LogP contribution in [0.1, 0.15) is 19.4 Å². The van der Waals surface area contributed by atoms with E-state index in [1.54, 1.807) is 32.4 Å². The van der Waals surface area contributed by atoms with Gasteiger partial charge in [0.2, 0.25) is 0 Å². The van der Waals surface area contributed by atoms with E-state index >= 15 is 0 Å². The Balaban J connectivity index is 1.96. The molecule has 2 aromatic carbocycles. The van der Waals surface area contributed by atoms with Crippen LogP contribution in [-0.4, -0.2) is 29.6 Å². The fourth-order valence-corrected chi connectivity index (χ4v) is 3.94. The lowest BCUT2D eigenvalue weighted by Crippen LogP contribution is -2.28. The molecule has 2 aromatic heterocycles. The molecule has 0 aliphatic carbocycles. The lowest BCUT2D eigenvalue weighted by Gasteiger charge is -2.24. The van der Waals surface area contributed by atoms with Crippen molar-refractivity contribution in [3.63, 3.8) is 0 Å². The van der Waals surface area contributed by atoms with Crippen LogP contribution in [0.4, 0.5) is 0 Å². The summed E-state index contributed by atoms with van der Waals surface area (Å²) in [5.74, 6) is 0. The lowest BCUT2D eigenvalue weighted by molar-refractivity contribution is 0.188. The zero-order valence-corrected chi connectivity index (χ0v) is 17.3.